The van der Waals surface area contributed by atoms with Crippen molar-refractivity contribution in [2.45, 2.75) is 66.2 Å². The third-order valence-corrected chi connectivity index (χ3v) is 5.75. The molecule has 0 radical (unpaired) electrons. The van der Waals surface area contributed by atoms with Gasteiger partial charge < -0.3 is 24.0 Å². The number of aromatic hydroxyl groups is 1. The van der Waals surface area contributed by atoms with E-state index in [1.807, 2.05) is 34.6 Å². The number of amides is 1. The van der Waals surface area contributed by atoms with Crippen molar-refractivity contribution in [1.29, 1.82) is 0 Å². The number of carbonyl (C=O) groups is 1. The number of hydrogen-bond acceptors (Lipinski definition) is 7. The van der Waals surface area contributed by atoms with Crippen LogP contribution in [-0.4, -0.2) is 45.3 Å². The van der Waals surface area contributed by atoms with E-state index in [9.17, 15) is 9.90 Å². The maximum Gasteiger partial charge on any atom is 0.266 e. The lowest BCUT2D eigenvalue weighted by atomic mass is 9.86. The Morgan fingerprint density at radius 1 is 1.28 bits per heavy atom. The molecule has 1 aromatic carbocycles. The molecule has 1 aliphatic heterocycles. The Kier molecular flexibility index (Phi) is 5.84. The molecule has 2 aromatic rings. The van der Waals surface area contributed by atoms with Crippen LogP contribution in [0.3, 0.4) is 0 Å². The van der Waals surface area contributed by atoms with Gasteiger partial charge in [-0.2, -0.15) is 4.98 Å². The lowest BCUT2D eigenvalue weighted by Crippen LogP contribution is -2.52. The molecule has 8 nitrogen and oxygen atoms in total. The van der Waals surface area contributed by atoms with E-state index >= 15 is 0 Å². The van der Waals surface area contributed by atoms with Gasteiger partial charge in [0.2, 0.25) is 0 Å². The van der Waals surface area contributed by atoms with Crippen molar-refractivity contribution in [1.82, 2.24) is 15.0 Å². The zero-order valence-electron chi connectivity index (χ0n) is 18.0. The number of likely N-dealkylation sites (N-methyl/N-ethyl adjacent to an activating group) is 1. The number of phenols is 1. The van der Waals surface area contributed by atoms with Gasteiger partial charge in [0, 0.05) is 25.6 Å². The van der Waals surface area contributed by atoms with Crippen LogP contribution in [0.15, 0.2) is 4.52 Å². The molecule has 1 N–H and O–H groups in total. The Morgan fingerprint density at radius 2 is 2.00 bits per heavy atom. The van der Waals surface area contributed by atoms with E-state index in [1.54, 1.807) is 12.0 Å². The Balaban J connectivity index is 1.84. The highest BCUT2D eigenvalue weighted by Gasteiger charge is 2.43. The number of fused-ring (bicyclic) bond motifs is 1. The van der Waals surface area contributed by atoms with Crippen molar-refractivity contribution in [2.24, 2.45) is 0 Å². The molecule has 0 aliphatic carbocycles. The SMILES string of the molecule is CCN(Cc1noc(COC)n1)C(=O)C1(C)CCc2c(C)c(O)c(C)c(C)c2O1. The number of hydrogen-bond donors (Lipinski definition) is 1. The molecule has 0 bridgehead atoms. The van der Waals surface area contributed by atoms with Gasteiger partial charge in [-0.05, 0) is 57.7 Å². The van der Waals surface area contributed by atoms with Crippen LogP contribution in [0, 0.1) is 20.8 Å². The van der Waals surface area contributed by atoms with Gasteiger partial charge >= 0.3 is 0 Å². The van der Waals surface area contributed by atoms with E-state index in [1.165, 1.54) is 0 Å². The first-order valence-corrected chi connectivity index (χ1v) is 9.82. The van der Waals surface area contributed by atoms with Crippen molar-refractivity contribution < 1.29 is 23.9 Å². The molecule has 1 aromatic heterocycles. The molecule has 0 fully saturated rings. The molecule has 158 valence electrons. The van der Waals surface area contributed by atoms with Crippen molar-refractivity contribution in [3.05, 3.63) is 34.0 Å². The van der Waals surface area contributed by atoms with Crippen molar-refractivity contribution >= 4 is 5.91 Å². The molecule has 8 heteroatoms. The van der Waals surface area contributed by atoms with Crippen LogP contribution >= 0.6 is 0 Å². The summed E-state index contributed by atoms with van der Waals surface area (Å²) in [5, 5.41) is 14.3. The first kappa shape index (κ1) is 21.1. The fraction of sp³-hybridized carbons (Fsp3) is 0.571. The molecule has 1 atom stereocenters. The lowest BCUT2D eigenvalue weighted by Gasteiger charge is -2.39. The lowest BCUT2D eigenvalue weighted by molar-refractivity contribution is -0.149. The van der Waals surface area contributed by atoms with Gasteiger partial charge in [0.15, 0.2) is 11.4 Å². The molecule has 1 aliphatic rings. The zero-order chi connectivity index (χ0) is 21.3. The average Bonchev–Trinajstić information content (AvgIpc) is 3.15. The number of aromatic nitrogens is 2. The Hall–Kier alpha value is -2.61. The fourth-order valence-corrected chi connectivity index (χ4v) is 3.77. The Bertz CT molecular complexity index is 924. The summed E-state index contributed by atoms with van der Waals surface area (Å²) in [5.74, 6) is 1.70. The van der Waals surface area contributed by atoms with E-state index in [0.717, 1.165) is 22.3 Å². The summed E-state index contributed by atoms with van der Waals surface area (Å²) >= 11 is 0. The Labute approximate surface area is 170 Å². The largest absolute Gasteiger partial charge is 0.507 e. The van der Waals surface area contributed by atoms with E-state index < -0.39 is 5.60 Å². The van der Waals surface area contributed by atoms with Gasteiger partial charge in [-0.15, -0.1) is 0 Å². The van der Waals surface area contributed by atoms with Gasteiger partial charge in [0.25, 0.3) is 11.8 Å². The summed E-state index contributed by atoms with van der Waals surface area (Å²) < 4.78 is 16.4. The first-order chi connectivity index (χ1) is 13.7. The summed E-state index contributed by atoms with van der Waals surface area (Å²) in [7, 11) is 1.55. The quantitative estimate of drug-likeness (QED) is 0.792. The predicted octanol–water partition coefficient (Wildman–Crippen LogP) is 2.98. The molecular weight excluding hydrogens is 374 g/mol. The van der Waals surface area contributed by atoms with Gasteiger partial charge in [-0.3, -0.25) is 4.79 Å². The average molecular weight is 403 g/mol. The summed E-state index contributed by atoms with van der Waals surface area (Å²) in [6.07, 6.45) is 1.19. The molecular formula is C21H29N3O5. The van der Waals surface area contributed by atoms with Gasteiger partial charge in [-0.25, -0.2) is 0 Å². The number of nitrogens with zero attached hydrogens (tertiary/aromatic N) is 3. The number of rotatable bonds is 6. The third-order valence-electron chi connectivity index (χ3n) is 5.75. The maximum absolute atomic E-state index is 13.4. The number of ether oxygens (including phenoxy) is 2. The number of benzene rings is 1. The highest BCUT2D eigenvalue weighted by atomic mass is 16.5. The topological polar surface area (TPSA) is 97.9 Å². The van der Waals surface area contributed by atoms with E-state index in [4.69, 9.17) is 14.0 Å². The van der Waals surface area contributed by atoms with Crippen LogP contribution in [0.4, 0.5) is 0 Å². The second kappa shape index (κ2) is 8.02. The Morgan fingerprint density at radius 3 is 2.66 bits per heavy atom. The highest BCUT2D eigenvalue weighted by molar-refractivity contribution is 5.86. The van der Waals surface area contributed by atoms with Crippen molar-refractivity contribution in [3.63, 3.8) is 0 Å². The summed E-state index contributed by atoms with van der Waals surface area (Å²) in [6, 6.07) is 0. The fourth-order valence-electron chi connectivity index (χ4n) is 3.77. The summed E-state index contributed by atoms with van der Waals surface area (Å²) in [5.41, 5.74) is 2.45. The zero-order valence-corrected chi connectivity index (χ0v) is 18.0. The number of phenolic OH excluding ortho intramolecular Hbond substituents is 1. The van der Waals surface area contributed by atoms with Gasteiger partial charge in [0.1, 0.15) is 18.1 Å². The first-order valence-electron chi connectivity index (χ1n) is 9.82. The highest BCUT2D eigenvalue weighted by Crippen LogP contribution is 2.43. The monoisotopic (exact) mass is 403 g/mol. The molecule has 1 unspecified atom stereocenters. The maximum atomic E-state index is 13.4. The standard InChI is InChI=1S/C21H29N3O5/c1-7-24(10-16-22-17(11-27-6)29-23-16)20(26)21(5)9-8-15-14(4)18(25)12(2)13(3)19(15)28-21/h25H,7-11H2,1-6H3. The summed E-state index contributed by atoms with van der Waals surface area (Å²) in [4.78, 5) is 19.3. The third kappa shape index (κ3) is 3.81. The normalized spacial score (nSPS) is 18.3. The smallest absolute Gasteiger partial charge is 0.266 e. The van der Waals surface area contributed by atoms with Crippen LogP contribution in [0.5, 0.6) is 11.5 Å². The molecule has 1 amide bonds. The van der Waals surface area contributed by atoms with Crippen molar-refractivity contribution in [3.8, 4) is 11.5 Å². The van der Waals surface area contributed by atoms with Crippen LogP contribution in [0.1, 0.15) is 54.2 Å². The van der Waals surface area contributed by atoms with E-state index in [0.29, 0.717) is 42.6 Å². The molecule has 29 heavy (non-hydrogen) atoms. The summed E-state index contributed by atoms with van der Waals surface area (Å²) in [6.45, 7) is 10.4. The number of carbonyl (C=O) groups excluding carboxylic acids is 1. The second-order valence-electron chi connectivity index (χ2n) is 7.72. The minimum Gasteiger partial charge on any atom is -0.507 e. The minimum absolute atomic E-state index is 0.119. The molecule has 2 heterocycles. The minimum atomic E-state index is -0.997. The van der Waals surface area contributed by atoms with Crippen LogP contribution in [0.2, 0.25) is 0 Å². The van der Waals surface area contributed by atoms with Crippen LogP contribution < -0.4 is 4.74 Å². The van der Waals surface area contributed by atoms with Crippen LogP contribution in [0.25, 0.3) is 0 Å². The van der Waals surface area contributed by atoms with Crippen molar-refractivity contribution in [2.75, 3.05) is 13.7 Å². The van der Waals surface area contributed by atoms with E-state index in [2.05, 4.69) is 10.1 Å². The van der Waals surface area contributed by atoms with Crippen LogP contribution in [-0.2, 0) is 29.1 Å². The second-order valence-corrected chi connectivity index (χ2v) is 7.72. The van der Waals surface area contributed by atoms with Gasteiger partial charge in [-0.1, -0.05) is 5.16 Å². The molecule has 0 saturated carbocycles. The molecule has 3 rings (SSSR count). The number of methoxy groups -OCH3 is 1. The predicted molar refractivity (Wildman–Crippen MR) is 106 cm³/mol. The molecule has 0 spiro atoms. The van der Waals surface area contributed by atoms with E-state index in [-0.39, 0.29) is 19.1 Å². The molecule has 0 saturated heterocycles. The van der Waals surface area contributed by atoms with Gasteiger partial charge in [0.05, 0.1) is 6.54 Å².